The zero-order valence-electron chi connectivity index (χ0n) is 20.6. The van der Waals surface area contributed by atoms with Gasteiger partial charge in [0.1, 0.15) is 11.6 Å². The zero-order valence-corrected chi connectivity index (χ0v) is 21.4. The summed E-state index contributed by atoms with van der Waals surface area (Å²) in [6, 6.07) is 7.73. The number of rotatable bonds is 6. The highest BCUT2D eigenvalue weighted by Crippen LogP contribution is 2.38. The highest BCUT2D eigenvalue weighted by atomic mass is 32.2. The van der Waals surface area contributed by atoms with Gasteiger partial charge >= 0.3 is 0 Å². The molecule has 35 heavy (non-hydrogen) atoms. The maximum Gasteiger partial charge on any atom is 0.281 e. The molecule has 1 aliphatic rings. The predicted octanol–water partition coefficient (Wildman–Crippen LogP) is 3.25. The van der Waals surface area contributed by atoms with Crippen LogP contribution in [-0.4, -0.2) is 46.2 Å². The molecule has 4 heterocycles. The van der Waals surface area contributed by atoms with Crippen LogP contribution in [0.5, 0.6) is 0 Å². The first-order valence-corrected chi connectivity index (χ1v) is 13.0. The maximum absolute atomic E-state index is 13.3. The van der Waals surface area contributed by atoms with Crippen LogP contribution in [-0.2, 0) is 10.0 Å². The summed E-state index contributed by atoms with van der Waals surface area (Å²) in [6.07, 6.45) is 4.56. The zero-order chi connectivity index (χ0) is 25.5. The van der Waals surface area contributed by atoms with E-state index in [1.807, 2.05) is 24.7 Å². The Hall–Kier alpha value is -3.47. The molecular formula is C24H31N7O3S. The van der Waals surface area contributed by atoms with E-state index in [0.29, 0.717) is 24.0 Å². The third kappa shape index (κ3) is 5.00. The van der Waals surface area contributed by atoms with Crippen LogP contribution >= 0.6 is 0 Å². The Morgan fingerprint density at radius 1 is 1.20 bits per heavy atom. The van der Waals surface area contributed by atoms with Gasteiger partial charge in [0.2, 0.25) is 0 Å². The predicted molar refractivity (Wildman–Crippen MR) is 134 cm³/mol. The van der Waals surface area contributed by atoms with E-state index < -0.39 is 15.9 Å². The molecule has 3 aromatic heterocycles. The lowest BCUT2D eigenvalue weighted by molar-refractivity contribution is 0.0981. The fourth-order valence-corrected chi connectivity index (χ4v) is 5.46. The number of hydrogen-bond acceptors (Lipinski definition) is 8. The molecule has 1 aliphatic heterocycles. The van der Waals surface area contributed by atoms with Crippen molar-refractivity contribution in [2.45, 2.75) is 57.6 Å². The number of nitrogens with one attached hydrogen (secondary N) is 1. The highest BCUT2D eigenvalue weighted by molar-refractivity contribution is 7.90. The highest BCUT2D eigenvalue weighted by Gasteiger charge is 2.39. The van der Waals surface area contributed by atoms with Gasteiger partial charge in [-0.2, -0.15) is 13.5 Å². The van der Waals surface area contributed by atoms with Crippen molar-refractivity contribution in [2.75, 3.05) is 17.2 Å². The van der Waals surface area contributed by atoms with Crippen LogP contribution in [0.4, 0.5) is 11.6 Å². The molecule has 11 heteroatoms. The van der Waals surface area contributed by atoms with E-state index in [4.69, 9.17) is 10.7 Å². The Morgan fingerprint density at radius 2 is 1.94 bits per heavy atom. The van der Waals surface area contributed by atoms with E-state index in [9.17, 15) is 13.2 Å². The SMILES string of the molecule is CC1CN(c2nc(-c3cnn(C(C)C)c3)ccc2C(=O)NS(=O)(=O)c2cccc(N)n2)C(C)(C)C1. The van der Waals surface area contributed by atoms with Crippen molar-refractivity contribution >= 4 is 27.6 Å². The number of aromatic nitrogens is 4. The van der Waals surface area contributed by atoms with Crippen molar-refractivity contribution in [2.24, 2.45) is 5.92 Å². The van der Waals surface area contributed by atoms with Crippen LogP contribution in [0.25, 0.3) is 11.3 Å². The average molecular weight is 498 g/mol. The number of nitrogens with zero attached hydrogens (tertiary/aromatic N) is 5. The fourth-order valence-electron chi connectivity index (χ4n) is 4.51. The largest absolute Gasteiger partial charge is 0.384 e. The normalized spacial score (nSPS) is 17.7. The topological polar surface area (TPSA) is 136 Å². The molecule has 1 unspecified atom stereocenters. The molecule has 3 N–H and O–H groups in total. The number of anilines is 2. The number of nitrogens with two attached hydrogens (primary N) is 1. The first-order chi connectivity index (χ1) is 16.4. The van der Waals surface area contributed by atoms with Crippen molar-refractivity contribution in [3.8, 4) is 11.3 Å². The first-order valence-electron chi connectivity index (χ1n) is 11.5. The Kier molecular flexibility index (Phi) is 6.31. The lowest BCUT2D eigenvalue weighted by Gasteiger charge is -2.34. The molecular weight excluding hydrogens is 466 g/mol. The summed E-state index contributed by atoms with van der Waals surface area (Å²) in [7, 11) is -4.23. The molecule has 1 fully saturated rings. The Bertz CT molecular complexity index is 1360. The van der Waals surface area contributed by atoms with Gasteiger partial charge in [-0.05, 0) is 64.3 Å². The molecule has 0 aliphatic carbocycles. The third-order valence-corrected chi connectivity index (χ3v) is 7.35. The molecule has 3 aromatic rings. The van der Waals surface area contributed by atoms with Crippen molar-refractivity contribution in [3.05, 3.63) is 48.3 Å². The molecule has 0 bridgehead atoms. The van der Waals surface area contributed by atoms with E-state index in [0.717, 1.165) is 12.0 Å². The number of hydrogen-bond donors (Lipinski definition) is 2. The van der Waals surface area contributed by atoms with Gasteiger partial charge in [-0.3, -0.25) is 9.48 Å². The summed E-state index contributed by atoms with van der Waals surface area (Å²) in [4.78, 5) is 24.1. The smallest absolute Gasteiger partial charge is 0.281 e. The summed E-state index contributed by atoms with van der Waals surface area (Å²) in [6.45, 7) is 11.1. The van der Waals surface area contributed by atoms with Gasteiger partial charge in [0.25, 0.3) is 15.9 Å². The van der Waals surface area contributed by atoms with E-state index in [1.54, 1.807) is 18.3 Å². The summed E-state index contributed by atoms with van der Waals surface area (Å²) in [5.74, 6) is 0.0796. The molecule has 0 spiro atoms. The van der Waals surface area contributed by atoms with E-state index in [1.165, 1.54) is 18.2 Å². The van der Waals surface area contributed by atoms with Crippen LogP contribution in [0, 0.1) is 5.92 Å². The molecule has 10 nitrogen and oxygen atoms in total. The standard InChI is InChI=1S/C24H31N7O3S/c1-15(2)31-14-17(12-26-31)19-10-9-18(22(27-19)30-13-16(3)11-24(30,4)5)23(32)29-35(33,34)21-8-6-7-20(25)28-21/h6-10,12,14-16H,11,13H2,1-5H3,(H2,25,28)(H,29,32). The monoisotopic (exact) mass is 497 g/mol. The molecule has 186 valence electrons. The second kappa shape index (κ2) is 8.95. The van der Waals surface area contributed by atoms with Crippen LogP contribution in [0.15, 0.2) is 47.8 Å². The Labute approximate surface area is 205 Å². The quantitative estimate of drug-likeness (QED) is 0.530. The van der Waals surface area contributed by atoms with Crippen LogP contribution in [0.2, 0.25) is 0 Å². The van der Waals surface area contributed by atoms with Gasteiger partial charge in [0.15, 0.2) is 5.03 Å². The minimum Gasteiger partial charge on any atom is -0.384 e. The van der Waals surface area contributed by atoms with Gasteiger partial charge in [0, 0.05) is 29.9 Å². The minimum absolute atomic E-state index is 0.0433. The van der Waals surface area contributed by atoms with E-state index in [-0.39, 0.29) is 28.0 Å². The third-order valence-electron chi connectivity index (χ3n) is 6.12. The van der Waals surface area contributed by atoms with Gasteiger partial charge in [-0.15, -0.1) is 0 Å². The minimum atomic E-state index is -4.23. The molecule has 0 saturated carbocycles. The number of nitrogen functional groups attached to an aromatic ring is 1. The van der Waals surface area contributed by atoms with Crippen molar-refractivity contribution in [1.82, 2.24) is 24.5 Å². The molecule has 4 rings (SSSR count). The summed E-state index contributed by atoms with van der Waals surface area (Å²) in [5, 5.41) is 4.07. The number of carbonyl (C=O) groups excluding carboxylic acids is 1. The number of carbonyl (C=O) groups is 1. The van der Waals surface area contributed by atoms with Gasteiger partial charge in [-0.25, -0.2) is 14.7 Å². The molecule has 0 aromatic carbocycles. The Balaban J connectivity index is 1.76. The maximum atomic E-state index is 13.3. The molecule has 1 atom stereocenters. The van der Waals surface area contributed by atoms with E-state index >= 15 is 0 Å². The fraction of sp³-hybridized carbons (Fsp3) is 0.417. The van der Waals surface area contributed by atoms with Crippen LogP contribution in [0.3, 0.4) is 0 Å². The van der Waals surface area contributed by atoms with Crippen molar-refractivity contribution in [3.63, 3.8) is 0 Å². The van der Waals surface area contributed by atoms with Crippen LogP contribution in [0.1, 0.15) is 57.4 Å². The first kappa shape index (κ1) is 24.6. The van der Waals surface area contributed by atoms with Gasteiger partial charge in [0.05, 0.1) is 17.5 Å². The summed E-state index contributed by atoms with van der Waals surface area (Å²) >= 11 is 0. The number of pyridine rings is 2. The molecule has 1 saturated heterocycles. The van der Waals surface area contributed by atoms with E-state index in [2.05, 4.69) is 40.5 Å². The summed E-state index contributed by atoms with van der Waals surface area (Å²) in [5.41, 5.74) is 6.99. The average Bonchev–Trinajstić information content (AvgIpc) is 3.37. The molecule has 1 amide bonds. The number of amides is 1. The van der Waals surface area contributed by atoms with Gasteiger partial charge < -0.3 is 10.6 Å². The number of sulfonamides is 1. The van der Waals surface area contributed by atoms with Crippen molar-refractivity contribution < 1.29 is 13.2 Å². The van der Waals surface area contributed by atoms with Gasteiger partial charge in [-0.1, -0.05) is 13.0 Å². The second-order valence-corrected chi connectivity index (χ2v) is 11.6. The van der Waals surface area contributed by atoms with Crippen LogP contribution < -0.4 is 15.4 Å². The Morgan fingerprint density at radius 3 is 2.54 bits per heavy atom. The lowest BCUT2D eigenvalue weighted by atomic mass is 9.97. The van der Waals surface area contributed by atoms with Crippen molar-refractivity contribution in [1.29, 1.82) is 0 Å². The summed E-state index contributed by atoms with van der Waals surface area (Å²) < 4.78 is 29.6. The molecule has 0 radical (unpaired) electrons. The second-order valence-electron chi connectivity index (χ2n) is 9.94. The lowest BCUT2D eigenvalue weighted by Crippen LogP contribution is -2.41.